The van der Waals surface area contributed by atoms with Gasteiger partial charge in [0.15, 0.2) is 34.3 Å². The minimum atomic E-state index is -0.717. The van der Waals surface area contributed by atoms with Crippen LogP contribution in [-0.2, 0) is 6.42 Å². The highest BCUT2D eigenvalue weighted by Crippen LogP contribution is 2.35. The lowest BCUT2D eigenvalue weighted by atomic mass is 9.97. The quantitative estimate of drug-likeness (QED) is 0.158. The van der Waals surface area contributed by atoms with Gasteiger partial charge in [-0.3, -0.25) is 14.6 Å². The van der Waals surface area contributed by atoms with Gasteiger partial charge in [0.25, 0.3) is 5.88 Å². The summed E-state index contributed by atoms with van der Waals surface area (Å²) in [6, 6.07) is 11.2. The van der Waals surface area contributed by atoms with Crippen molar-refractivity contribution in [2.75, 3.05) is 14.2 Å². The zero-order chi connectivity index (χ0) is 31.7. The molecule has 0 fully saturated rings. The summed E-state index contributed by atoms with van der Waals surface area (Å²) in [5.74, 6) is -1.10. The molecule has 5 aromatic rings. The molecule has 0 bridgehead atoms. The Bertz CT molecular complexity index is 1980. The number of benzene rings is 2. The van der Waals surface area contributed by atoms with Crippen molar-refractivity contribution in [1.29, 1.82) is 0 Å². The van der Waals surface area contributed by atoms with Crippen molar-refractivity contribution in [2.45, 2.75) is 33.2 Å². The molecule has 0 saturated heterocycles. The van der Waals surface area contributed by atoms with Crippen LogP contribution in [0, 0.1) is 18.6 Å². The van der Waals surface area contributed by atoms with E-state index in [1.807, 2.05) is 13.8 Å². The summed E-state index contributed by atoms with van der Waals surface area (Å²) in [6.07, 6.45) is 2.77. The first-order valence-corrected chi connectivity index (χ1v) is 14.0. The summed E-state index contributed by atoms with van der Waals surface area (Å²) in [5, 5.41) is -0.138. The maximum Gasteiger partial charge on any atom is 0.257 e. The second kappa shape index (κ2) is 12.4. The number of pyridine rings is 3. The number of Topliss-reactive ketones (excluding diaryl/α,β-unsaturated/α-hetero) is 1. The molecule has 0 radical (unpaired) electrons. The predicted molar refractivity (Wildman–Crippen MR) is 163 cm³/mol. The number of nitrogens with zero attached hydrogens (tertiary/aromatic N) is 3. The van der Waals surface area contributed by atoms with Gasteiger partial charge >= 0.3 is 0 Å². The van der Waals surface area contributed by atoms with Crippen LogP contribution in [0.2, 0.25) is 5.02 Å². The van der Waals surface area contributed by atoms with Gasteiger partial charge in [-0.2, -0.15) is 0 Å². The van der Waals surface area contributed by atoms with Gasteiger partial charge in [-0.15, -0.1) is 0 Å². The zero-order valence-electron chi connectivity index (χ0n) is 24.6. The largest absolute Gasteiger partial charge is 0.491 e. The third-order valence-electron chi connectivity index (χ3n) is 7.16. The molecule has 3 aromatic heterocycles. The molecular weight excluding hydrogens is 592 g/mol. The number of ether oxygens (including phenoxy) is 3. The van der Waals surface area contributed by atoms with Gasteiger partial charge in [0.1, 0.15) is 11.3 Å². The molecule has 0 aliphatic carbocycles. The van der Waals surface area contributed by atoms with Gasteiger partial charge < -0.3 is 18.8 Å². The summed E-state index contributed by atoms with van der Waals surface area (Å²) >= 11 is 6.00. The van der Waals surface area contributed by atoms with Crippen LogP contribution >= 0.6 is 11.6 Å². The number of carbonyl (C=O) groups is 1. The Morgan fingerprint density at radius 3 is 2.41 bits per heavy atom. The average Bonchev–Trinajstić information content (AvgIpc) is 2.99. The molecule has 0 saturated carbocycles. The second-order valence-corrected chi connectivity index (χ2v) is 10.7. The molecule has 226 valence electrons. The molecule has 0 spiro atoms. The van der Waals surface area contributed by atoms with Crippen molar-refractivity contribution in [3.05, 3.63) is 105 Å². The number of halogens is 3. The number of fused-ring (bicyclic) bond motifs is 1. The Morgan fingerprint density at radius 2 is 1.75 bits per heavy atom. The van der Waals surface area contributed by atoms with Crippen molar-refractivity contribution in [3.8, 4) is 34.3 Å². The first-order valence-electron chi connectivity index (χ1n) is 13.6. The molecule has 0 amide bonds. The molecule has 0 unspecified atom stereocenters. The van der Waals surface area contributed by atoms with Crippen molar-refractivity contribution < 1.29 is 27.8 Å². The maximum atomic E-state index is 15.3. The van der Waals surface area contributed by atoms with E-state index in [0.29, 0.717) is 33.6 Å². The maximum absolute atomic E-state index is 15.3. The van der Waals surface area contributed by atoms with E-state index >= 15 is 4.39 Å². The lowest BCUT2D eigenvalue weighted by Crippen LogP contribution is -2.24. The number of carbonyl (C=O) groups excluding carboxylic acids is 1. The minimum absolute atomic E-state index is 0.0702. The SMILES string of the molecule is COc1cc2nccc(Oc3ccc(CC(=O)c4cn(C(C)C)c(C)c(-c5ccc(F)c(Cl)c5)c4=O)cc3F)c2nc1OC. The van der Waals surface area contributed by atoms with Crippen LogP contribution in [-0.4, -0.2) is 34.5 Å². The summed E-state index contributed by atoms with van der Waals surface area (Å²) < 4.78 is 47.3. The van der Waals surface area contributed by atoms with E-state index in [2.05, 4.69) is 9.97 Å². The van der Waals surface area contributed by atoms with Crippen molar-refractivity contribution >= 4 is 28.4 Å². The molecule has 0 aliphatic rings. The lowest BCUT2D eigenvalue weighted by Gasteiger charge is -2.20. The molecule has 5 rings (SSSR count). The number of methoxy groups -OCH3 is 2. The van der Waals surface area contributed by atoms with Gasteiger partial charge in [0.2, 0.25) is 0 Å². The van der Waals surface area contributed by atoms with Crippen molar-refractivity contribution in [3.63, 3.8) is 0 Å². The molecule has 3 heterocycles. The Kier molecular flexibility index (Phi) is 8.64. The third kappa shape index (κ3) is 5.85. The summed E-state index contributed by atoms with van der Waals surface area (Å²) in [7, 11) is 2.92. The number of hydrogen-bond donors (Lipinski definition) is 0. The third-order valence-corrected chi connectivity index (χ3v) is 7.45. The summed E-state index contributed by atoms with van der Waals surface area (Å²) in [4.78, 5) is 35.8. The number of aromatic nitrogens is 3. The van der Waals surface area contributed by atoms with E-state index in [9.17, 15) is 14.0 Å². The van der Waals surface area contributed by atoms with E-state index in [1.165, 1.54) is 56.9 Å². The molecule has 11 heteroatoms. The van der Waals surface area contributed by atoms with Gasteiger partial charge in [-0.1, -0.05) is 23.7 Å². The van der Waals surface area contributed by atoms with Crippen molar-refractivity contribution in [2.24, 2.45) is 0 Å². The fraction of sp³-hybridized carbons (Fsp3) is 0.212. The topological polar surface area (TPSA) is 92.5 Å². The van der Waals surface area contributed by atoms with Gasteiger partial charge in [0, 0.05) is 48.2 Å². The highest BCUT2D eigenvalue weighted by atomic mass is 35.5. The van der Waals surface area contributed by atoms with Gasteiger partial charge in [0.05, 0.1) is 30.3 Å². The fourth-order valence-electron chi connectivity index (χ4n) is 4.97. The minimum Gasteiger partial charge on any atom is -0.491 e. The Morgan fingerprint density at radius 1 is 0.977 bits per heavy atom. The van der Waals surface area contributed by atoms with Crippen molar-refractivity contribution in [1.82, 2.24) is 14.5 Å². The number of ketones is 1. The Balaban J connectivity index is 1.46. The van der Waals surface area contributed by atoms with Gasteiger partial charge in [-0.05, 0) is 56.2 Å². The van der Waals surface area contributed by atoms with E-state index < -0.39 is 22.8 Å². The average molecular weight is 620 g/mol. The predicted octanol–water partition coefficient (Wildman–Crippen LogP) is 7.51. The second-order valence-electron chi connectivity index (χ2n) is 10.3. The van der Waals surface area contributed by atoms with Crippen LogP contribution in [0.25, 0.3) is 22.2 Å². The first-order chi connectivity index (χ1) is 21.0. The Labute approximate surface area is 256 Å². The summed E-state index contributed by atoms with van der Waals surface area (Å²) in [5.41, 5.74) is 1.78. The summed E-state index contributed by atoms with van der Waals surface area (Å²) in [6.45, 7) is 5.58. The molecule has 2 aromatic carbocycles. The van der Waals surface area contributed by atoms with E-state index in [4.69, 9.17) is 25.8 Å². The number of rotatable bonds is 9. The fourth-order valence-corrected chi connectivity index (χ4v) is 5.15. The van der Waals surface area contributed by atoms with Crippen LogP contribution in [0.15, 0.2) is 65.7 Å². The first kappa shape index (κ1) is 30.6. The van der Waals surface area contributed by atoms with Gasteiger partial charge in [-0.25, -0.2) is 13.8 Å². The van der Waals surface area contributed by atoms with E-state index in [0.717, 1.165) is 0 Å². The molecular formula is C33H28ClF2N3O5. The normalized spacial score (nSPS) is 11.2. The monoisotopic (exact) mass is 619 g/mol. The highest BCUT2D eigenvalue weighted by molar-refractivity contribution is 6.31. The molecule has 0 N–H and O–H groups in total. The molecule has 44 heavy (non-hydrogen) atoms. The lowest BCUT2D eigenvalue weighted by molar-refractivity contribution is 0.0991. The standard InChI is InChI=1S/C33H28ClF2N3O5/c1-17(2)39-16-21(32(41)30(18(39)3)20-7-8-23(35)22(34)14-20)26(40)13-19-6-9-27(24(36)12-19)44-28-10-11-37-25-15-29(42-4)33(43-5)38-31(25)28/h6-12,14-17H,13H2,1-5H3. The highest BCUT2D eigenvalue weighted by Gasteiger charge is 2.22. The molecule has 0 atom stereocenters. The van der Waals surface area contributed by atoms with Crippen LogP contribution < -0.4 is 19.6 Å². The van der Waals surface area contributed by atoms with Crippen LogP contribution in [0.5, 0.6) is 23.1 Å². The van der Waals surface area contributed by atoms with Crippen LogP contribution in [0.4, 0.5) is 8.78 Å². The zero-order valence-corrected chi connectivity index (χ0v) is 25.3. The Hall–Kier alpha value is -4.83. The van der Waals surface area contributed by atoms with Crippen LogP contribution in [0.1, 0.15) is 41.5 Å². The number of hydrogen-bond acceptors (Lipinski definition) is 7. The molecule has 8 nitrogen and oxygen atoms in total. The van der Waals surface area contributed by atoms with Crippen LogP contribution in [0.3, 0.4) is 0 Å². The molecule has 0 aliphatic heterocycles. The van der Waals surface area contributed by atoms with E-state index in [1.54, 1.807) is 29.7 Å². The smallest absolute Gasteiger partial charge is 0.257 e. The van der Waals surface area contributed by atoms with E-state index in [-0.39, 0.29) is 46.0 Å².